The van der Waals surface area contributed by atoms with Crippen molar-refractivity contribution in [2.24, 2.45) is 0 Å². The van der Waals surface area contributed by atoms with Gasteiger partial charge in [0.15, 0.2) is 0 Å². The predicted octanol–water partition coefficient (Wildman–Crippen LogP) is 4.38. The number of carbonyl (C=O) groups is 2. The summed E-state index contributed by atoms with van der Waals surface area (Å²) in [4.78, 5) is 40.7. The third kappa shape index (κ3) is 9.83. The number of amides is 2. The molecule has 0 atom stereocenters. The molecule has 0 saturated heterocycles. The van der Waals surface area contributed by atoms with Crippen molar-refractivity contribution in [1.82, 2.24) is 19.7 Å². The number of nitrogens with zero attached hydrogens (tertiary/aromatic N) is 4. The third-order valence-electron chi connectivity index (χ3n) is 5.60. The Bertz CT molecular complexity index is 1540. The van der Waals surface area contributed by atoms with E-state index in [4.69, 9.17) is 0 Å². The van der Waals surface area contributed by atoms with Gasteiger partial charge in [-0.05, 0) is 42.2 Å². The molecule has 0 aliphatic carbocycles. The first-order valence-electron chi connectivity index (χ1n) is 12.5. The molecule has 0 bridgehead atoms. The Morgan fingerprint density at radius 2 is 1.63 bits per heavy atom. The third-order valence-corrected chi connectivity index (χ3v) is 6.50. The average Bonchev–Trinajstić information content (AvgIpc) is 3.34. The van der Waals surface area contributed by atoms with Crippen LogP contribution in [0.1, 0.15) is 29.0 Å². The van der Waals surface area contributed by atoms with Crippen LogP contribution in [0.4, 0.5) is 24.1 Å². The fourth-order valence-corrected chi connectivity index (χ4v) is 4.60. The Labute approximate surface area is 236 Å². The van der Waals surface area contributed by atoms with Crippen molar-refractivity contribution in [3.8, 4) is 5.75 Å². The minimum absolute atomic E-state index is 0.0367. The van der Waals surface area contributed by atoms with Crippen LogP contribution in [0.2, 0.25) is 0 Å². The zero-order valence-corrected chi connectivity index (χ0v) is 22.4. The average molecular weight is 587 g/mol. The molecule has 2 N–H and O–H groups in total. The van der Waals surface area contributed by atoms with Crippen molar-refractivity contribution in [3.63, 3.8) is 0 Å². The molecule has 4 aromatic rings. The van der Waals surface area contributed by atoms with Gasteiger partial charge in [-0.1, -0.05) is 53.8 Å². The summed E-state index contributed by atoms with van der Waals surface area (Å²) in [6, 6.07) is 15.9. The number of aromatic nitrogens is 4. The second kappa shape index (κ2) is 13.7. The number of unbranched alkanes of at least 4 members (excludes halogenated alkanes) is 1. The molecule has 0 saturated carbocycles. The molecule has 14 heteroatoms. The summed E-state index contributed by atoms with van der Waals surface area (Å²) in [5, 5.41) is 14.5. The lowest BCUT2D eigenvalue weighted by atomic mass is 10.1. The molecule has 0 aliphatic heterocycles. The summed E-state index contributed by atoms with van der Waals surface area (Å²) in [7, 11) is 0. The Morgan fingerprint density at radius 3 is 2.39 bits per heavy atom. The van der Waals surface area contributed by atoms with Gasteiger partial charge in [0.1, 0.15) is 16.6 Å². The second-order valence-corrected chi connectivity index (χ2v) is 9.94. The number of rotatable bonds is 12. The molecule has 2 heterocycles. The fourth-order valence-electron chi connectivity index (χ4n) is 3.80. The van der Waals surface area contributed by atoms with E-state index in [1.165, 1.54) is 40.3 Å². The summed E-state index contributed by atoms with van der Waals surface area (Å²) in [5.74, 6) is -1.11. The molecule has 0 radical (unpaired) electrons. The maximum absolute atomic E-state index is 12.4. The molecule has 10 nitrogen and oxygen atoms in total. The van der Waals surface area contributed by atoms with Gasteiger partial charge in [-0.25, -0.2) is 4.79 Å². The van der Waals surface area contributed by atoms with Crippen molar-refractivity contribution in [1.29, 1.82) is 0 Å². The van der Waals surface area contributed by atoms with Gasteiger partial charge in [0.05, 0.1) is 12.8 Å². The zero-order chi connectivity index (χ0) is 29.2. The molecule has 2 aromatic carbocycles. The topological polar surface area (TPSA) is 128 Å². The van der Waals surface area contributed by atoms with E-state index in [2.05, 4.69) is 30.6 Å². The number of halogens is 3. The highest BCUT2D eigenvalue weighted by Crippen LogP contribution is 2.23. The molecule has 0 fully saturated rings. The van der Waals surface area contributed by atoms with E-state index in [-0.39, 0.29) is 24.6 Å². The van der Waals surface area contributed by atoms with Gasteiger partial charge in [-0.2, -0.15) is 4.98 Å². The summed E-state index contributed by atoms with van der Waals surface area (Å²) >= 11 is 1.30. The maximum atomic E-state index is 12.4. The van der Waals surface area contributed by atoms with Crippen molar-refractivity contribution < 1.29 is 27.5 Å². The van der Waals surface area contributed by atoms with Crippen LogP contribution >= 0.6 is 11.3 Å². The highest BCUT2D eigenvalue weighted by molar-refractivity contribution is 7.15. The van der Waals surface area contributed by atoms with E-state index in [1.807, 2.05) is 30.3 Å². The first-order chi connectivity index (χ1) is 19.6. The van der Waals surface area contributed by atoms with Gasteiger partial charge in [-0.3, -0.25) is 14.2 Å². The molecule has 4 rings (SSSR count). The van der Waals surface area contributed by atoms with Crippen LogP contribution in [0, 0.1) is 0 Å². The van der Waals surface area contributed by atoms with Crippen molar-refractivity contribution in [2.45, 2.75) is 45.0 Å². The quantitative estimate of drug-likeness (QED) is 0.236. The Morgan fingerprint density at radius 1 is 0.902 bits per heavy atom. The molecule has 2 aromatic heterocycles. The number of hydrogen-bond donors (Lipinski definition) is 2. The van der Waals surface area contributed by atoms with E-state index in [0.29, 0.717) is 36.5 Å². The smallest absolute Gasteiger partial charge is 0.406 e. The Balaban J connectivity index is 1.19. The van der Waals surface area contributed by atoms with Gasteiger partial charge >= 0.3 is 12.1 Å². The van der Waals surface area contributed by atoms with Gasteiger partial charge in [0, 0.05) is 19.2 Å². The van der Waals surface area contributed by atoms with Crippen molar-refractivity contribution in [3.05, 3.63) is 93.5 Å². The molecule has 0 spiro atoms. The summed E-state index contributed by atoms with van der Waals surface area (Å²) in [6.45, 7) is 0.394. The first-order valence-corrected chi connectivity index (χ1v) is 13.3. The number of carbonyl (C=O) groups excluding carboxylic acids is 2. The monoisotopic (exact) mass is 586 g/mol. The molecule has 41 heavy (non-hydrogen) atoms. The predicted molar refractivity (Wildman–Crippen MR) is 146 cm³/mol. The molecule has 0 unspecified atom stereocenters. The number of nitrogens with one attached hydrogen (secondary N) is 2. The summed E-state index contributed by atoms with van der Waals surface area (Å²) in [5.41, 5.74) is 0.649. The molecular weight excluding hydrogens is 561 g/mol. The highest BCUT2D eigenvalue weighted by Gasteiger charge is 2.31. The van der Waals surface area contributed by atoms with E-state index in [1.54, 1.807) is 0 Å². The number of alkyl halides is 3. The van der Waals surface area contributed by atoms with Crippen molar-refractivity contribution in [2.75, 3.05) is 10.6 Å². The fraction of sp³-hybridized carbons (Fsp3) is 0.259. The largest absolute Gasteiger partial charge is 0.573 e. The summed E-state index contributed by atoms with van der Waals surface area (Å²) in [6.07, 6.45) is -1.32. The lowest BCUT2D eigenvalue weighted by Crippen LogP contribution is -2.25. The van der Waals surface area contributed by atoms with Gasteiger partial charge in [-0.15, -0.1) is 23.4 Å². The van der Waals surface area contributed by atoms with Crippen LogP contribution in [0.15, 0.2) is 71.7 Å². The van der Waals surface area contributed by atoms with Crippen LogP contribution in [-0.2, 0) is 35.4 Å². The minimum atomic E-state index is -4.84. The molecule has 214 valence electrons. The van der Waals surface area contributed by atoms with Crippen LogP contribution in [-0.4, -0.2) is 37.9 Å². The lowest BCUT2D eigenvalue weighted by molar-refractivity contribution is -0.274. The zero-order valence-electron chi connectivity index (χ0n) is 21.6. The van der Waals surface area contributed by atoms with E-state index in [9.17, 15) is 27.6 Å². The first kappa shape index (κ1) is 29.4. The number of anilines is 2. The van der Waals surface area contributed by atoms with Crippen LogP contribution in [0.25, 0.3) is 0 Å². The van der Waals surface area contributed by atoms with Gasteiger partial charge in [0.25, 0.3) is 0 Å². The van der Waals surface area contributed by atoms with E-state index >= 15 is 0 Å². The molecular formula is C27H25F3N6O4S. The number of aryl methyl sites for hydroxylation is 2. The lowest BCUT2D eigenvalue weighted by Gasteiger charge is -2.10. The van der Waals surface area contributed by atoms with Crippen LogP contribution < -0.4 is 21.1 Å². The van der Waals surface area contributed by atoms with E-state index in [0.717, 1.165) is 22.7 Å². The number of ether oxygens (including phenoxy) is 1. The SMILES string of the molecule is O=C(Cc1cccc(OC(F)(F)F)c1)Nc1ccn(CCCCc2nnc(NC(=O)Cc3ccccc3)s2)c(=O)n1. The maximum Gasteiger partial charge on any atom is 0.573 e. The van der Waals surface area contributed by atoms with Gasteiger partial charge < -0.3 is 15.4 Å². The minimum Gasteiger partial charge on any atom is -0.406 e. The van der Waals surface area contributed by atoms with Crippen molar-refractivity contribution >= 4 is 34.1 Å². The number of hydrogen-bond acceptors (Lipinski definition) is 8. The number of benzene rings is 2. The van der Waals surface area contributed by atoms with Crippen LogP contribution in [0.5, 0.6) is 5.75 Å². The Kier molecular flexibility index (Phi) is 9.79. The highest BCUT2D eigenvalue weighted by atomic mass is 32.1. The molecule has 0 aliphatic rings. The summed E-state index contributed by atoms with van der Waals surface area (Å²) < 4.78 is 42.5. The van der Waals surface area contributed by atoms with E-state index < -0.39 is 23.7 Å². The molecule has 2 amide bonds. The van der Waals surface area contributed by atoms with Crippen LogP contribution in [0.3, 0.4) is 0 Å². The standard InChI is InChI=1S/C27H25F3N6O4S/c28-27(29,30)40-20-10-6-9-19(15-20)17-22(37)31-21-12-14-36(26(39)32-21)13-5-4-11-24-34-35-25(41-24)33-23(38)16-18-7-2-1-3-8-18/h1-3,6-10,12,14-15H,4-5,11,13,16-17H2,(H,33,35,38)(H,31,32,37,39). The normalized spacial score (nSPS) is 11.2. The second-order valence-electron chi connectivity index (χ2n) is 8.88. The van der Waals surface area contributed by atoms with Gasteiger partial charge in [0.2, 0.25) is 16.9 Å². The Hall–Kier alpha value is -4.59.